The lowest BCUT2D eigenvalue weighted by atomic mass is 10.1. The molecule has 164 valence electrons. The average Bonchev–Trinajstić information content (AvgIpc) is 3.19. The number of nitrogens with one attached hydrogen (secondary N) is 1. The molecular formula is C20H22ClN5O4S. The van der Waals surface area contributed by atoms with Gasteiger partial charge >= 0.3 is 6.03 Å². The minimum Gasteiger partial charge on any atom is -0.497 e. The molecule has 0 aliphatic carbocycles. The maximum absolute atomic E-state index is 12.7. The molecule has 3 heterocycles. The standard InChI is InChI=1S/C20H22ClN5O4S/c1-30-13-2-3-15-17(9-13)31-19(23-15)24-20(29)26-6-4-25(5-7-26)18-14(21)8-12(10-22-18)16(28)11-27/h2-3,8-10,16,27-28H,4-7,11H2,1H3,(H,23,24,29)/t16-/m1/s1. The number of fused-ring (bicyclic) bond motifs is 1. The number of rotatable bonds is 5. The third kappa shape index (κ3) is 4.67. The van der Waals surface area contributed by atoms with Gasteiger partial charge in [0.25, 0.3) is 0 Å². The van der Waals surface area contributed by atoms with Gasteiger partial charge < -0.3 is 24.7 Å². The number of carbonyl (C=O) groups is 1. The summed E-state index contributed by atoms with van der Waals surface area (Å²) in [5, 5.41) is 22.6. The number of halogens is 1. The number of nitrogens with zero attached hydrogens (tertiary/aromatic N) is 4. The molecule has 1 fully saturated rings. The normalized spacial score (nSPS) is 15.2. The number of pyridine rings is 1. The number of methoxy groups -OCH3 is 1. The van der Waals surface area contributed by atoms with Crippen LogP contribution >= 0.6 is 22.9 Å². The van der Waals surface area contributed by atoms with Gasteiger partial charge in [0.05, 0.1) is 29.0 Å². The van der Waals surface area contributed by atoms with Crippen LogP contribution in [0.25, 0.3) is 10.2 Å². The van der Waals surface area contributed by atoms with Crippen molar-refractivity contribution in [2.45, 2.75) is 6.10 Å². The van der Waals surface area contributed by atoms with Crippen LogP contribution in [0.2, 0.25) is 5.02 Å². The first-order valence-corrected chi connectivity index (χ1v) is 10.9. The smallest absolute Gasteiger partial charge is 0.323 e. The number of hydrogen-bond acceptors (Lipinski definition) is 8. The van der Waals surface area contributed by atoms with Crippen molar-refractivity contribution >= 4 is 50.1 Å². The van der Waals surface area contributed by atoms with Gasteiger partial charge in [-0.1, -0.05) is 22.9 Å². The number of amides is 2. The monoisotopic (exact) mass is 463 g/mol. The van der Waals surface area contributed by atoms with Crippen molar-refractivity contribution < 1.29 is 19.7 Å². The molecule has 11 heteroatoms. The summed E-state index contributed by atoms with van der Waals surface area (Å²) in [7, 11) is 1.61. The second-order valence-corrected chi connectivity index (χ2v) is 8.47. The van der Waals surface area contributed by atoms with Gasteiger partial charge in [0.1, 0.15) is 17.7 Å². The molecule has 0 spiro atoms. The summed E-state index contributed by atoms with van der Waals surface area (Å²) in [6.45, 7) is 1.75. The molecule has 2 aromatic heterocycles. The first-order chi connectivity index (χ1) is 15.0. The van der Waals surface area contributed by atoms with E-state index < -0.39 is 12.7 Å². The molecule has 3 N–H and O–H groups in total. The van der Waals surface area contributed by atoms with Crippen LogP contribution in [0, 0.1) is 0 Å². The number of piperazine rings is 1. The van der Waals surface area contributed by atoms with E-state index in [4.69, 9.17) is 21.4 Å². The van der Waals surface area contributed by atoms with Crippen LogP contribution in [0.5, 0.6) is 5.75 Å². The number of thiazole rings is 1. The van der Waals surface area contributed by atoms with Crippen molar-refractivity contribution in [3.05, 3.63) is 41.0 Å². The summed E-state index contributed by atoms with van der Waals surface area (Å²) in [5.41, 5.74) is 1.27. The zero-order valence-corrected chi connectivity index (χ0v) is 18.4. The minimum atomic E-state index is -1.01. The molecule has 1 aromatic carbocycles. The van der Waals surface area contributed by atoms with Crippen molar-refractivity contribution in [1.82, 2.24) is 14.9 Å². The highest BCUT2D eigenvalue weighted by molar-refractivity contribution is 7.22. The van der Waals surface area contributed by atoms with Crippen molar-refractivity contribution in [3.63, 3.8) is 0 Å². The van der Waals surface area contributed by atoms with Gasteiger partial charge in [0.15, 0.2) is 5.13 Å². The van der Waals surface area contributed by atoms with Crippen LogP contribution in [-0.4, -0.2) is 71.0 Å². The number of anilines is 2. The van der Waals surface area contributed by atoms with Gasteiger partial charge in [-0.05, 0) is 24.3 Å². The summed E-state index contributed by atoms with van der Waals surface area (Å²) >= 11 is 7.72. The molecule has 2 amide bonds. The number of benzene rings is 1. The zero-order valence-electron chi connectivity index (χ0n) is 16.8. The topological polar surface area (TPSA) is 111 Å². The quantitative estimate of drug-likeness (QED) is 0.533. The Bertz CT molecular complexity index is 1090. The highest BCUT2D eigenvalue weighted by atomic mass is 35.5. The summed E-state index contributed by atoms with van der Waals surface area (Å²) in [4.78, 5) is 25.2. The number of carbonyl (C=O) groups excluding carboxylic acids is 1. The molecule has 3 aromatic rings. The second kappa shape index (κ2) is 9.23. The summed E-state index contributed by atoms with van der Waals surface area (Å²) in [6, 6.07) is 6.99. The maximum atomic E-state index is 12.7. The van der Waals surface area contributed by atoms with E-state index >= 15 is 0 Å². The van der Waals surface area contributed by atoms with E-state index in [1.807, 2.05) is 23.1 Å². The number of aromatic nitrogens is 2. The number of ether oxygens (including phenoxy) is 1. The molecule has 1 aliphatic rings. The fraction of sp³-hybridized carbons (Fsp3) is 0.350. The predicted octanol–water partition coefficient (Wildman–Crippen LogP) is 2.73. The lowest BCUT2D eigenvalue weighted by Gasteiger charge is -2.35. The molecular weight excluding hydrogens is 442 g/mol. The predicted molar refractivity (Wildman–Crippen MR) is 120 cm³/mol. The lowest BCUT2D eigenvalue weighted by Crippen LogP contribution is -2.50. The minimum absolute atomic E-state index is 0.203. The molecule has 9 nitrogen and oxygen atoms in total. The Morgan fingerprint density at radius 2 is 2.10 bits per heavy atom. The number of aliphatic hydroxyl groups excluding tert-OH is 2. The summed E-state index contributed by atoms with van der Waals surface area (Å²) in [5.74, 6) is 1.34. The lowest BCUT2D eigenvalue weighted by molar-refractivity contribution is 0.0953. The third-order valence-electron chi connectivity index (χ3n) is 5.08. The Balaban J connectivity index is 1.37. The van der Waals surface area contributed by atoms with Crippen molar-refractivity contribution in [1.29, 1.82) is 0 Å². The first-order valence-electron chi connectivity index (χ1n) is 9.68. The van der Waals surface area contributed by atoms with Gasteiger partial charge in [-0.2, -0.15) is 0 Å². The number of urea groups is 1. The van der Waals surface area contributed by atoms with Crippen LogP contribution in [0.3, 0.4) is 0 Å². The van der Waals surface area contributed by atoms with Gasteiger partial charge in [-0.15, -0.1) is 0 Å². The molecule has 0 bridgehead atoms. The summed E-state index contributed by atoms with van der Waals surface area (Å²) < 4.78 is 6.17. The van der Waals surface area contributed by atoms with Crippen molar-refractivity contribution in [2.24, 2.45) is 0 Å². The third-order valence-corrected chi connectivity index (χ3v) is 6.29. The number of aliphatic hydroxyl groups is 2. The molecule has 1 aliphatic heterocycles. The van der Waals surface area contributed by atoms with Gasteiger partial charge in [-0.3, -0.25) is 5.32 Å². The first kappa shape index (κ1) is 21.6. The fourth-order valence-electron chi connectivity index (χ4n) is 3.34. The Morgan fingerprint density at radius 1 is 1.32 bits per heavy atom. The van der Waals surface area contributed by atoms with E-state index in [1.54, 1.807) is 18.1 Å². The van der Waals surface area contributed by atoms with Gasteiger partial charge in [0, 0.05) is 37.9 Å². The molecule has 0 saturated carbocycles. The molecule has 31 heavy (non-hydrogen) atoms. The van der Waals surface area contributed by atoms with E-state index in [2.05, 4.69) is 15.3 Å². The molecule has 0 unspecified atom stereocenters. The van der Waals surface area contributed by atoms with Gasteiger partial charge in [0.2, 0.25) is 0 Å². The maximum Gasteiger partial charge on any atom is 0.323 e. The van der Waals surface area contributed by atoms with Crippen LogP contribution < -0.4 is 15.0 Å². The molecule has 1 atom stereocenters. The van der Waals surface area contributed by atoms with Crippen LogP contribution in [0.4, 0.5) is 15.7 Å². The van der Waals surface area contributed by atoms with E-state index in [-0.39, 0.29) is 6.03 Å². The highest BCUT2D eigenvalue weighted by Crippen LogP contribution is 2.30. The number of hydrogen-bond donors (Lipinski definition) is 3. The zero-order chi connectivity index (χ0) is 22.0. The van der Waals surface area contributed by atoms with Crippen LogP contribution in [-0.2, 0) is 0 Å². The largest absolute Gasteiger partial charge is 0.497 e. The van der Waals surface area contributed by atoms with Crippen LogP contribution in [0.15, 0.2) is 30.5 Å². The second-order valence-electron chi connectivity index (χ2n) is 7.03. The van der Waals surface area contributed by atoms with Crippen molar-refractivity contribution in [2.75, 3.05) is 50.1 Å². The van der Waals surface area contributed by atoms with E-state index in [1.165, 1.54) is 17.5 Å². The molecule has 1 saturated heterocycles. The Labute approximate surface area is 187 Å². The molecule has 4 rings (SSSR count). The Hall–Kier alpha value is -2.66. The van der Waals surface area contributed by atoms with E-state index in [9.17, 15) is 9.90 Å². The van der Waals surface area contributed by atoms with Gasteiger partial charge in [-0.25, -0.2) is 14.8 Å². The van der Waals surface area contributed by atoms with Crippen LogP contribution in [0.1, 0.15) is 11.7 Å². The fourth-order valence-corrected chi connectivity index (χ4v) is 4.52. The van der Waals surface area contributed by atoms with E-state index in [0.29, 0.717) is 47.7 Å². The Morgan fingerprint density at radius 3 is 2.77 bits per heavy atom. The summed E-state index contributed by atoms with van der Waals surface area (Å²) in [6.07, 6.45) is 0.492. The van der Waals surface area contributed by atoms with Crippen molar-refractivity contribution in [3.8, 4) is 5.75 Å². The SMILES string of the molecule is COc1ccc2nc(NC(=O)N3CCN(c4ncc([C@H](O)CO)cc4Cl)CC3)sc2c1. The Kier molecular flexibility index (Phi) is 6.42. The highest BCUT2D eigenvalue weighted by Gasteiger charge is 2.24. The molecule has 0 radical (unpaired) electrons. The average molecular weight is 464 g/mol. The van der Waals surface area contributed by atoms with E-state index in [0.717, 1.165) is 16.0 Å².